The van der Waals surface area contributed by atoms with Crippen molar-refractivity contribution in [1.82, 2.24) is 20.4 Å². The van der Waals surface area contributed by atoms with Gasteiger partial charge in [-0.25, -0.2) is 4.79 Å². The van der Waals surface area contributed by atoms with Crippen LogP contribution in [0.2, 0.25) is 0 Å². The predicted octanol–water partition coefficient (Wildman–Crippen LogP) is 3.79. The largest absolute Gasteiger partial charge is 0.481 e. The van der Waals surface area contributed by atoms with E-state index in [0.717, 1.165) is 24.3 Å². The lowest BCUT2D eigenvalue weighted by Gasteiger charge is -2.33. The molecule has 2 aliphatic heterocycles. The second-order valence-electron chi connectivity index (χ2n) is 12.0. The molecule has 2 saturated heterocycles. The van der Waals surface area contributed by atoms with Crippen LogP contribution in [0, 0.1) is 11.8 Å². The fourth-order valence-electron chi connectivity index (χ4n) is 4.97. The maximum Gasteiger partial charge on any atom is 0.416 e. The molecule has 3 rings (SSSR count). The van der Waals surface area contributed by atoms with Crippen LogP contribution < -0.4 is 10.6 Å². The Morgan fingerprint density at radius 1 is 0.977 bits per heavy atom. The van der Waals surface area contributed by atoms with Gasteiger partial charge in [0.1, 0.15) is 11.8 Å². The van der Waals surface area contributed by atoms with Gasteiger partial charge in [0.2, 0.25) is 11.8 Å². The summed E-state index contributed by atoms with van der Waals surface area (Å²) in [5.74, 6) is -3.54. The lowest BCUT2D eigenvalue weighted by molar-refractivity contribution is -0.139. The first-order chi connectivity index (χ1) is 20.5. The van der Waals surface area contributed by atoms with Crippen molar-refractivity contribution in [2.45, 2.75) is 70.8 Å². The Hall–Kier alpha value is -4.10. The van der Waals surface area contributed by atoms with Crippen LogP contribution in [0.4, 0.5) is 18.0 Å². The van der Waals surface area contributed by atoms with E-state index in [2.05, 4.69) is 10.6 Å². The van der Waals surface area contributed by atoms with E-state index in [0.29, 0.717) is 45.3 Å². The molecule has 0 saturated carbocycles. The number of allylic oxidation sites excluding steroid dienone is 1. The molecule has 0 radical (unpaired) electrons. The van der Waals surface area contributed by atoms with Crippen molar-refractivity contribution in [2.24, 2.45) is 11.8 Å². The zero-order chi connectivity index (χ0) is 32.7. The Morgan fingerprint density at radius 2 is 1.61 bits per heavy atom. The number of piperidine rings is 2. The van der Waals surface area contributed by atoms with Gasteiger partial charge in [-0.05, 0) is 82.7 Å². The van der Waals surface area contributed by atoms with Crippen molar-refractivity contribution in [3.8, 4) is 0 Å². The number of carboxylic acids is 1. The number of hydrogen-bond acceptors (Lipinski definition) is 6. The first-order valence-corrected chi connectivity index (χ1v) is 14.5. The molecule has 44 heavy (non-hydrogen) atoms. The summed E-state index contributed by atoms with van der Waals surface area (Å²) in [6, 6.07) is 3.38. The third-order valence-electron chi connectivity index (χ3n) is 7.28. The summed E-state index contributed by atoms with van der Waals surface area (Å²) in [4.78, 5) is 65.3. The summed E-state index contributed by atoms with van der Waals surface area (Å²) >= 11 is 0. The molecular formula is C30H39F3N4O7. The highest BCUT2D eigenvalue weighted by molar-refractivity contribution is 5.95. The lowest BCUT2D eigenvalue weighted by atomic mass is 9.95. The van der Waals surface area contributed by atoms with Crippen LogP contribution in [0.25, 0.3) is 0 Å². The molecule has 1 aromatic rings. The average Bonchev–Trinajstić information content (AvgIpc) is 2.94. The molecule has 2 fully saturated rings. The van der Waals surface area contributed by atoms with Gasteiger partial charge in [0.05, 0.1) is 17.9 Å². The molecular weight excluding hydrogens is 585 g/mol. The number of benzene rings is 1. The fraction of sp³-hybridized carbons (Fsp3) is 0.567. The monoisotopic (exact) mass is 624 g/mol. The van der Waals surface area contributed by atoms with E-state index in [-0.39, 0.29) is 30.0 Å². The molecule has 2 heterocycles. The summed E-state index contributed by atoms with van der Waals surface area (Å²) in [6.45, 7) is 6.97. The summed E-state index contributed by atoms with van der Waals surface area (Å²) in [6.07, 6.45) is -1.31. The molecule has 2 aliphatic rings. The predicted molar refractivity (Wildman–Crippen MR) is 152 cm³/mol. The molecule has 3 N–H and O–H groups in total. The summed E-state index contributed by atoms with van der Waals surface area (Å²) in [5, 5.41) is 14.1. The lowest BCUT2D eigenvalue weighted by Crippen LogP contribution is -2.53. The van der Waals surface area contributed by atoms with E-state index in [4.69, 9.17) is 4.74 Å². The Kier molecular flexibility index (Phi) is 11.4. The number of carbonyl (C=O) groups is 5. The van der Waals surface area contributed by atoms with E-state index in [9.17, 15) is 42.3 Å². The molecule has 2 atom stereocenters. The minimum Gasteiger partial charge on any atom is -0.481 e. The maximum atomic E-state index is 13.0. The second-order valence-corrected chi connectivity index (χ2v) is 12.0. The average molecular weight is 625 g/mol. The zero-order valence-electron chi connectivity index (χ0n) is 25.0. The van der Waals surface area contributed by atoms with Gasteiger partial charge in [0.25, 0.3) is 5.91 Å². The third-order valence-corrected chi connectivity index (χ3v) is 7.28. The number of likely N-dealkylation sites (tertiary alicyclic amines) is 2. The number of aliphatic carboxylic acids is 1. The van der Waals surface area contributed by atoms with E-state index < -0.39 is 53.6 Å². The van der Waals surface area contributed by atoms with Crippen LogP contribution in [0.3, 0.4) is 0 Å². The van der Waals surface area contributed by atoms with E-state index >= 15 is 0 Å². The molecule has 4 amide bonds. The van der Waals surface area contributed by atoms with Crippen LogP contribution in [-0.4, -0.2) is 82.6 Å². The van der Waals surface area contributed by atoms with Gasteiger partial charge in [-0.3, -0.25) is 19.2 Å². The summed E-state index contributed by atoms with van der Waals surface area (Å²) in [5.41, 5.74) is -1.66. The normalized spacial score (nSPS) is 18.9. The van der Waals surface area contributed by atoms with E-state index in [1.165, 1.54) is 11.0 Å². The van der Waals surface area contributed by atoms with Crippen molar-refractivity contribution in [2.75, 3.05) is 26.2 Å². The third kappa shape index (κ3) is 10.6. The number of nitrogens with one attached hydrogen (secondary N) is 2. The SMILES string of the molecule is CC(C)(C)OC(=O)N1CCC(/C=C/C(=O)N2CCC[C@@H](C(=O)N[C@H](CC(=O)O)NC(=O)c3ccc(C(F)(F)F)cc3)C2)CC1. The van der Waals surface area contributed by atoms with Gasteiger partial charge in [-0.1, -0.05) is 6.08 Å². The number of rotatable bonds is 8. The minimum atomic E-state index is -4.58. The number of hydrogen-bond donors (Lipinski definition) is 3. The van der Waals surface area contributed by atoms with Gasteiger partial charge in [0.15, 0.2) is 0 Å². The highest BCUT2D eigenvalue weighted by Gasteiger charge is 2.32. The van der Waals surface area contributed by atoms with Gasteiger partial charge in [0, 0.05) is 31.7 Å². The highest BCUT2D eigenvalue weighted by atomic mass is 19.4. The Labute approximate surface area is 253 Å². The van der Waals surface area contributed by atoms with Gasteiger partial charge in [-0.15, -0.1) is 0 Å². The van der Waals surface area contributed by atoms with E-state index in [1.54, 1.807) is 25.7 Å². The molecule has 0 aromatic heterocycles. The molecule has 242 valence electrons. The standard InChI is InChI=1S/C30H39F3N4O7/c1-29(2,3)44-28(43)36-15-12-19(13-16-36)6-11-24(38)37-14-4-5-21(18-37)27(42)35-23(17-25(39)40)34-26(41)20-7-9-22(10-8-20)30(31,32)33/h6-11,19,21,23H,4-5,12-18H2,1-3H3,(H,34,41)(H,35,42)(H,39,40)/b11-6+/t21-,23-/m1/s1. The zero-order valence-corrected chi connectivity index (χ0v) is 25.0. The number of nitrogens with zero attached hydrogens (tertiary/aromatic N) is 2. The van der Waals surface area contributed by atoms with Crippen molar-refractivity contribution >= 4 is 29.8 Å². The Balaban J connectivity index is 1.52. The topological polar surface area (TPSA) is 145 Å². The first kappa shape index (κ1) is 34.4. The summed E-state index contributed by atoms with van der Waals surface area (Å²) in [7, 11) is 0. The molecule has 0 unspecified atom stereocenters. The maximum absolute atomic E-state index is 13.0. The van der Waals surface area contributed by atoms with Crippen molar-refractivity contribution in [1.29, 1.82) is 0 Å². The number of alkyl halides is 3. The fourth-order valence-corrected chi connectivity index (χ4v) is 4.97. The van der Waals surface area contributed by atoms with Gasteiger partial charge < -0.3 is 30.3 Å². The molecule has 11 nitrogen and oxygen atoms in total. The van der Waals surface area contributed by atoms with Crippen LogP contribution in [0.5, 0.6) is 0 Å². The number of carbonyl (C=O) groups excluding carboxylic acids is 4. The molecule has 0 bridgehead atoms. The smallest absolute Gasteiger partial charge is 0.416 e. The highest BCUT2D eigenvalue weighted by Crippen LogP contribution is 2.29. The van der Waals surface area contributed by atoms with Gasteiger partial charge in [-0.2, -0.15) is 13.2 Å². The van der Waals surface area contributed by atoms with Crippen LogP contribution in [0.1, 0.15) is 68.8 Å². The number of carboxylic acid groups (broad SMARTS) is 1. The van der Waals surface area contributed by atoms with Crippen LogP contribution in [0.15, 0.2) is 36.4 Å². The van der Waals surface area contributed by atoms with Gasteiger partial charge >= 0.3 is 18.2 Å². The van der Waals surface area contributed by atoms with Crippen LogP contribution >= 0.6 is 0 Å². The minimum absolute atomic E-state index is 0.0960. The molecule has 0 spiro atoms. The molecule has 14 heteroatoms. The number of amides is 4. The Morgan fingerprint density at radius 3 is 2.18 bits per heavy atom. The first-order valence-electron chi connectivity index (χ1n) is 14.5. The van der Waals surface area contributed by atoms with Crippen molar-refractivity contribution in [3.63, 3.8) is 0 Å². The number of halogens is 3. The quantitative estimate of drug-likeness (QED) is 0.295. The number of ether oxygens (including phenoxy) is 1. The van der Waals surface area contributed by atoms with Crippen molar-refractivity contribution < 1.29 is 47.0 Å². The molecule has 1 aromatic carbocycles. The Bertz CT molecular complexity index is 1240. The van der Waals surface area contributed by atoms with Crippen molar-refractivity contribution in [3.05, 3.63) is 47.5 Å². The molecule has 0 aliphatic carbocycles. The van der Waals surface area contributed by atoms with Crippen LogP contribution in [-0.2, 0) is 25.3 Å². The second kappa shape index (κ2) is 14.6. The summed E-state index contributed by atoms with van der Waals surface area (Å²) < 4.78 is 43.9. The van der Waals surface area contributed by atoms with E-state index in [1.807, 2.05) is 6.08 Å².